The van der Waals surface area contributed by atoms with E-state index in [0.29, 0.717) is 5.90 Å². The van der Waals surface area contributed by atoms with E-state index < -0.39 is 60.9 Å². The molecule has 0 saturated carbocycles. The Hall–Kier alpha value is -3.11. The van der Waals surface area contributed by atoms with Crippen molar-refractivity contribution in [3.05, 3.63) is 11.8 Å². The van der Waals surface area contributed by atoms with Crippen molar-refractivity contribution >= 4 is 29.8 Å². The second kappa shape index (κ2) is 9.39. The normalized spacial score (nSPS) is 24.4. The van der Waals surface area contributed by atoms with Crippen LogP contribution in [0.25, 0.3) is 0 Å². The smallest absolute Gasteiger partial charge is 0.373 e. The van der Waals surface area contributed by atoms with E-state index in [1.54, 1.807) is 6.92 Å². The third-order valence-electron chi connectivity index (χ3n) is 4.04. The molecule has 0 N–H and O–H groups in total. The molecule has 160 valence electrons. The molecule has 0 radical (unpaired) electrons. The van der Waals surface area contributed by atoms with Gasteiger partial charge in [-0.05, 0) is 0 Å². The number of hydrogen-bond donors (Lipinski definition) is 0. The molecule has 0 aromatic carbocycles. The van der Waals surface area contributed by atoms with Crippen LogP contribution in [0.15, 0.2) is 16.8 Å². The highest BCUT2D eigenvalue weighted by atomic mass is 16.6. The maximum atomic E-state index is 12.0. The van der Waals surface area contributed by atoms with Crippen molar-refractivity contribution in [1.82, 2.24) is 0 Å². The number of fused-ring (bicyclic) bond motifs is 1. The molecule has 11 heteroatoms. The first-order valence-corrected chi connectivity index (χ1v) is 8.78. The van der Waals surface area contributed by atoms with Gasteiger partial charge in [-0.15, -0.1) is 0 Å². The summed E-state index contributed by atoms with van der Waals surface area (Å²) in [4.78, 5) is 50.9. The van der Waals surface area contributed by atoms with Crippen LogP contribution in [0.2, 0.25) is 0 Å². The summed E-state index contributed by atoms with van der Waals surface area (Å²) in [7, 11) is 1.18. The summed E-state index contributed by atoms with van der Waals surface area (Å²) >= 11 is 0. The molecule has 0 fully saturated rings. The quantitative estimate of drug-likeness (QED) is 0.416. The average Bonchev–Trinajstić information content (AvgIpc) is 3.01. The molecule has 29 heavy (non-hydrogen) atoms. The largest absolute Gasteiger partial charge is 0.477 e. The zero-order valence-corrected chi connectivity index (χ0v) is 16.7. The lowest BCUT2D eigenvalue weighted by atomic mass is 9.94. The SMILES string of the molecule is COC(=O)C1=C[C@H]2OC(C)=N[C@@H]2[C@H]([C@H](OC(C)=O)[C@@H](COC(C)=O)OC(C)=O)O1. The van der Waals surface area contributed by atoms with Crippen LogP contribution in [0.5, 0.6) is 0 Å². The number of rotatable bonds is 7. The van der Waals surface area contributed by atoms with E-state index in [4.69, 9.17) is 28.4 Å². The van der Waals surface area contributed by atoms with Gasteiger partial charge in [0.1, 0.15) is 18.8 Å². The number of aliphatic imine (C=N–C) groups is 1. The zero-order chi connectivity index (χ0) is 21.7. The molecule has 2 aliphatic heterocycles. The molecule has 0 spiro atoms. The van der Waals surface area contributed by atoms with Crippen LogP contribution in [0.1, 0.15) is 27.7 Å². The van der Waals surface area contributed by atoms with E-state index in [0.717, 1.165) is 13.8 Å². The van der Waals surface area contributed by atoms with E-state index in [-0.39, 0.29) is 5.76 Å². The number of carbonyl (C=O) groups is 4. The number of methoxy groups -OCH3 is 1. The fourth-order valence-corrected chi connectivity index (χ4v) is 3.01. The van der Waals surface area contributed by atoms with Gasteiger partial charge in [0.2, 0.25) is 5.76 Å². The van der Waals surface area contributed by atoms with Gasteiger partial charge in [-0.2, -0.15) is 0 Å². The second-order valence-electron chi connectivity index (χ2n) is 6.35. The Morgan fingerprint density at radius 3 is 2.28 bits per heavy atom. The van der Waals surface area contributed by atoms with Crippen LogP contribution < -0.4 is 0 Å². The number of carbonyl (C=O) groups excluding carboxylic acids is 4. The predicted molar refractivity (Wildman–Crippen MR) is 94.5 cm³/mol. The van der Waals surface area contributed by atoms with Crippen LogP contribution in [-0.4, -0.2) is 73.9 Å². The number of ether oxygens (including phenoxy) is 6. The molecule has 0 unspecified atom stereocenters. The van der Waals surface area contributed by atoms with Gasteiger partial charge in [-0.1, -0.05) is 0 Å². The van der Waals surface area contributed by atoms with Gasteiger partial charge < -0.3 is 28.4 Å². The van der Waals surface area contributed by atoms with E-state index in [2.05, 4.69) is 4.99 Å². The maximum absolute atomic E-state index is 12.0. The van der Waals surface area contributed by atoms with Crippen molar-refractivity contribution in [3.63, 3.8) is 0 Å². The third kappa shape index (κ3) is 5.69. The Bertz CT molecular complexity index is 743. The zero-order valence-electron chi connectivity index (χ0n) is 16.7. The number of esters is 4. The summed E-state index contributed by atoms with van der Waals surface area (Å²) in [5.41, 5.74) is 0. The first-order chi connectivity index (χ1) is 13.6. The van der Waals surface area contributed by atoms with Gasteiger partial charge in [-0.3, -0.25) is 14.4 Å². The van der Waals surface area contributed by atoms with E-state index in [1.165, 1.54) is 20.1 Å². The average molecular weight is 413 g/mol. The van der Waals surface area contributed by atoms with Crippen molar-refractivity contribution in [1.29, 1.82) is 0 Å². The van der Waals surface area contributed by atoms with Crippen LogP contribution in [0, 0.1) is 0 Å². The van der Waals surface area contributed by atoms with Crippen molar-refractivity contribution in [2.24, 2.45) is 4.99 Å². The van der Waals surface area contributed by atoms with Crippen LogP contribution >= 0.6 is 0 Å². The maximum Gasteiger partial charge on any atom is 0.373 e. The van der Waals surface area contributed by atoms with Gasteiger partial charge in [0.05, 0.1) is 7.11 Å². The molecule has 2 rings (SSSR count). The standard InChI is InChI=1S/C18H23NO10/c1-8-19-15-12(26-8)6-13(18(23)24-5)29-17(15)16(28-11(4)22)14(27-10(3)21)7-25-9(2)20/h6,12,14-17H,7H2,1-5H3/t12-,14-,15+,16-,17-/m1/s1. The number of nitrogens with zero attached hydrogens (tertiary/aromatic N) is 1. The predicted octanol–water partition coefficient (Wildman–Crippen LogP) is 0.0544. The Balaban J connectivity index is 2.42. The van der Waals surface area contributed by atoms with Gasteiger partial charge in [0.15, 0.2) is 24.2 Å². The first-order valence-electron chi connectivity index (χ1n) is 8.78. The molecular weight excluding hydrogens is 390 g/mol. The summed E-state index contributed by atoms with van der Waals surface area (Å²) in [6, 6.07) is -0.705. The molecule has 5 atom stereocenters. The molecule has 0 bridgehead atoms. The highest BCUT2D eigenvalue weighted by Crippen LogP contribution is 2.32. The molecule has 2 heterocycles. The molecule has 0 aromatic rings. The highest BCUT2D eigenvalue weighted by molar-refractivity contribution is 5.87. The van der Waals surface area contributed by atoms with Gasteiger partial charge in [-0.25, -0.2) is 9.79 Å². The van der Waals surface area contributed by atoms with Crippen molar-refractivity contribution in [2.45, 2.75) is 58.2 Å². The van der Waals surface area contributed by atoms with Crippen LogP contribution in [-0.2, 0) is 47.6 Å². The molecule has 0 aliphatic carbocycles. The van der Waals surface area contributed by atoms with Gasteiger partial charge >= 0.3 is 23.9 Å². The highest BCUT2D eigenvalue weighted by Gasteiger charge is 2.50. The molecular formula is C18H23NO10. The van der Waals surface area contributed by atoms with Crippen molar-refractivity contribution in [2.75, 3.05) is 13.7 Å². The van der Waals surface area contributed by atoms with E-state index in [9.17, 15) is 19.2 Å². The second-order valence-corrected chi connectivity index (χ2v) is 6.35. The van der Waals surface area contributed by atoms with Gasteiger partial charge in [0, 0.05) is 33.8 Å². The minimum Gasteiger partial charge on any atom is -0.477 e. The molecule has 11 nitrogen and oxygen atoms in total. The summed E-state index contributed by atoms with van der Waals surface area (Å²) < 4.78 is 31.5. The fraction of sp³-hybridized carbons (Fsp3) is 0.611. The lowest BCUT2D eigenvalue weighted by Gasteiger charge is -2.37. The summed E-state index contributed by atoms with van der Waals surface area (Å²) in [6.45, 7) is 4.70. The lowest BCUT2D eigenvalue weighted by Crippen LogP contribution is -2.54. The Labute approximate surface area is 166 Å². The Kier molecular flexibility index (Phi) is 7.18. The monoisotopic (exact) mass is 413 g/mol. The Morgan fingerprint density at radius 2 is 1.72 bits per heavy atom. The van der Waals surface area contributed by atoms with Crippen molar-refractivity contribution < 1.29 is 47.6 Å². The van der Waals surface area contributed by atoms with Gasteiger partial charge in [0.25, 0.3) is 0 Å². The molecule has 2 aliphatic rings. The molecule has 0 aromatic heterocycles. The summed E-state index contributed by atoms with van der Waals surface area (Å²) in [5, 5.41) is 0. The third-order valence-corrected chi connectivity index (χ3v) is 4.04. The molecule has 0 amide bonds. The summed E-state index contributed by atoms with van der Waals surface area (Å²) in [6.07, 6.45) is -2.83. The fourth-order valence-electron chi connectivity index (χ4n) is 3.01. The minimum atomic E-state index is -1.25. The minimum absolute atomic E-state index is 0.171. The number of hydrogen-bond acceptors (Lipinski definition) is 11. The van der Waals surface area contributed by atoms with Crippen LogP contribution in [0.4, 0.5) is 0 Å². The Morgan fingerprint density at radius 1 is 1.07 bits per heavy atom. The van der Waals surface area contributed by atoms with Crippen molar-refractivity contribution in [3.8, 4) is 0 Å². The molecule has 0 saturated heterocycles. The topological polar surface area (TPSA) is 136 Å². The van der Waals surface area contributed by atoms with Crippen LogP contribution in [0.3, 0.4) is 0 Å². The van der Waals surface area contributed by atoms with E-state index >= 15 is 0 Å². The lowest BCUT2D eigenvalue weighted by molar-refractivity contribution is -0.187. The van der Waals surface area contributed by atoms with E-state index in [1.807, 2.05) is 0 Å². The first kappa shape index (κ1) is 22.2. The summed E-state index contributed by atoms with van der Waals surface area (Å²) in [5.74, 6) is -2.63.